The Balaban J connectivity index is 1.64. The molecule has 1 unspecified atom stereocenters. The number of aryl methyl sites for hydroxylation is 1. The van der Waals surface area contributed by atoms with Crippen molar-refractivity contribution < 1.29 is 14.3 Å². The lowest BCUT2D eigenvalue weighted by Crippen LogP contribution is -2.24. The Morgan fingerprint density at radius 1 is 1.24 bits per heavy atom. The number of rotatable bonds is 9. The van der Waals surface area contributed by atoms with Gasteiger partial charge in [0.1, 0.15) is 12.4 Å². The molecule has 4 heteroatoms. The molecular formula is C17H23NO3. The molecule has 0 amide bonds. The van der Waals surface area contributed by atoms with E-state index in [9.17, 15) is 5.11 Å². The van der Waals surface area contributed by atoms with Crippen LogP contribution in [0.1, 0.15) is 24.7 Å². The van der Waals surface area contributed by atoms with E-state index in [1.165, 1.54) is 5.56 Å². The van der Waals surface area contributed by atoms with Gasteiger partial charge in [0.25, 0.3) is 0 Å². The van der Waals surface area contributed by atoms with Crippen molar-refractivity contribution >= 4 is 5.69 Å². The number of aliphatic hydroxyl groups is 1. The van der Waals surface area contributed by atoms with Crippen LogP contribution in [0.3, 0.4) is 0 Å². The molecule has 1 aromatic carbocycles. The minimum atomic E-state index is -0.546. The fourth-order valence-electron chi connectivity index (χ4n) is 2.06. The summed E-state index contributed by atoms with van der Waals surface area (Å²) in [4.78, 5) is 0. The second-order valence-electron chi connectivity index (χ2n) is 5.08. The van der Waals surface area contributed by atoms with Crippen LogP contribution in [0.4, 0.5) is 5.69 Å². The monoisotopic (exact) mass is 289 g/mol. The molecule has 0 radical (unpaired) electrons. The van der Waals surface area contributed by atoms with Crippen LogP contribution in [0.25, 0.3) is 0 Å². The van der Waals surface area contributed by atoms with Gasteiger partial charge in [-0.25, -0.2) is 0 Å². The number of benzene rings is 1. The van der Waals surface area contributed by atoms with Gasteiger partial charge in [0, 0.05) is 12.2 Å². The fraction of sp³-hybridized carbons (Fsp3) is 0.412. The minimum Gasteiger partial charge on any atom is -0.467 e. The van der Waals surface area contributed by atoms with Crippen LogP contribution in [0, 0.1) is 0 Å². The van der Waals surface area contributed by atoms with E-state index in [-0.39, 0.29) is 6.61 Å². The predicted octanol–water partition coefficient (Wildman–Crippen LogP) is 3.22. The summed E-state index contributed by atoms with van der Waals surface area (Å²) >= 11 is 0. The number of aliphatic hydroxyl groups excluding tert-OH is 1. The van der Waals surface area contributed by atoms with Crippen molar-refractivity contribution in [1.82, 2.24) is 0 Å². The summed E-state index contributed by atoms with van der Waals surface area (Å²) in [5.41, 5.74) is 2.35. The molecule has 0 saturated carbocycles. The van der Waals surface area contributed by atoms with Crippen molar-refractivity contribution in [3.63, 3.8) is 0 Å². The Hall–Kier alpha value is -1.78. The Labute approximate surface area is 125 Å². The first-order valence-electron chi connectivity index (χ1n) is 7.39. The summed E-state index contributed by atoms with van der Waals surface area (Å²) in [6, 6.07) is 12.0. The van der Waals surface area contributed by atoms with Crippen LogP contribution in [0.5, 0.6) is 0 Å². The van der Waals surface area contributed by atoms with Crippen LogP contribution in [-0.4, -0.2) is 24.4 Å². The van der Waals surface area contributed by atoms with Crippen LogP contribution in [0.2, 0.25) is 0 Å². The topological polar surface area (TPSA) is 54.6 Å². The summed E-state index contributed by atoms with van der Waals surface area (Å²) in [5, 5.41) is 13.1. The molecule has 0 bridgehead atoms. The van der Waals surface area contributed by atoms with Gasteiger partial charge in [0.2, 0.25) is 0 Å². The van der Waals surface area contributed by atoms with Gasteiger partial charge in [-0.2, -0.15) is 0 Å². The van der Waals surface area contributed by atoms with E-state index >= 15 is 0 Å². The Morgan fingerprint density at radius 3 is 2.71 bits per heavy atom. The van der Waals surface area contributed by atoms with E-state index in [1.807, 2.05) is 24.3 Å². The van der Waals surface area contributed by atoms with Crippen LogP contribution in [0.15, 0.2) is 47.1 Å². The average molecular weight is 289 g/mol. The zero-order valence-electron chi connectivity index (χ0n) is 12.4. The largest absolute Gasteiger partial charge is 0.467 e. The molecule has 0 spiro atoms. The second-order valence-corrected chi connectivity index (χ2v) is 5.08. The summed E-state index contributed by atoms with van der Waals surface area (Å²) in [6.07, 6.45) is 3.32. The Bertz CT molecular complexity index is 493. The second kappa shape index (κ2) is 8.49. The van der Waals surface area contributed by atoms with Crippen LogP contribution in [-0.2, 0) is 17.8 Å². The Morgan fingerprint density at radius 2 is 2.05 bits per heavy atom. The van der Waals surface area contributed by atoms with Gasteiger partial charge in [0.15, 0.2) is 0 Å². The third kappa shape index (κ3) is 5.61. The van der Waals surface area contributed by atoms with Gasteiger partial charge in [-0.15, -0.1) is 0 Å². The van der Waals surface area contributed by atoms with E-state index in [0.29, 0.717) is 13.2 Å². The third-order valence-electron chi connectivity index (χ3n) is 3.17. The lowest BCUT2D eigenvalue weighted by Gasteiger charge is -2.13. The van der Waals surface area contributed by atoms with Crippen molar-refractivity contribution in [1.29, 1.82) is 0 Å². The van der Waals surface area contributed by atoms with Crippen molar-refractivity contribution in [2.45, 2.75) is 32.5 Å². The maximum atomic E-state index is 9.86. The lowest BCUT2D eigenvalue weighted by atomic mass is 10.1. The highest BCUT2D eigenvalue weighted by atomic mass is 16.5. The molecule has 2 rings (SSSR count). The van der Waals surface area contributed by atoms with Gasteiger partial charge in [-0.1, -0.05) is 25.5 Å². The minimum absolute atomic E-state index is 0.279. The number of furan rings is 1. The molecule has 2 N–H and O–H groups in total. The quantitative estimate of drug-likeness (QED) is 0.744. The lowest BCUT2D eigenvalue weighted by molar-refractivity contribution is 0.0282. The van der Waals surface area contributed by atoms with E-state index < -0.39 is 6.10 Å². The molecule has 0 aliphatic heterocycles. The number of hydrogen-bond donors (Lipinski definition) is 2. The molecule has 2 aromatic rings. The first-order chi connectivity index (χ1) is 10.3. The highest BCUT2D eigenvalue weighted by molar-refractivity contribution is 5.44. The number of ether oxygens (including phenoxy) is 1. The SMILES string of the molecule is CCCc1ccc(NCC(O)COCc2ccco2)cc1. The van der Waals surface area contributed by atoms with E-state index in [4.69, 9.17) is 9.15 Å². The van der Waals surface area contributed by atoms with Gasteiger partial charge in [-0.3, -0.25) is 0 Å². The molecule has 4 nitrogen and oxygen atoms in total. The molecule has 0 saturated heterocycles. The molecule has 0 aliphatic carbocycles. The van der Waals surface area contributed by atoms with Gasteiger partial charge >= 0.3 is 0 Å². The molecule has 1 atom stereocenters. The average Bonchev–Trinajstić information content (AvgIpc) is 3.00. The highest BCUT2D eigenvalue weighted by Gasteiger charge is 2.05. The summed E-state index contributed by atoms with van der Waals surface area (Å²) in [5.74, 6) is 0.765. The van der Waals surface area contributed by atoms with E-state index in [2.05, 4.69) is 24.4 Å². The molecule has 1 heterocycles. The maximum absolute atomic E-state index is 9.86. The summed E-state index contributed by atoms with van der Waals surface area (Å²) in [7, 11) is 0. The standard InChI is InChI=1S/C17H23NO3/c1-2-4-14-6-8-15(9-7-14)18-11-16(19)12-20-13-17-5-3-10-21-17/h3,5-10,16,18-19H,2,4,11-13H2,1H3. The van der Waals surface area contributed by atoms with Gasteiger partial charge in [-0.05, 0) is 36.2 Å². The predicted molar refractivity (Wildman–Crippen MR) is 83.3 cm³/mol. The van der Waals surface area contributed by atoms with Crippen molar-refractivity contribution in [3.8, 4) is 0 Å². The van der Waals surface area contributed by atoms with E-state index in [1.54, 1.807) is 6.26 Å². The number of hydrogen-bond acceptors (Lipinski definition) is 4. The molecule has 0 aliphatic rings. The normalized spacial score (nSPS) is 12.3. The van der Waals surface area contributed by atoms with Crippen LogP contribution >= 0.6 is 0 Å². The molecule has 0 fully saturated rings. The first-order valence-corrected chi connectivity index (χ1v) is 7.39. The molecule has 1 aromatic heterocycles. The Kier molecular flexibility index (Phi) is 6.31. The molecular weight excluding hydrogens is 266 g/mol. The van der Waals surface area contributed by atoms with Crippen molar-refractivity contribution in [2.75, 3.05) is 18.5 Å². The molecule has 21 heavy (non-hydrogen) atoms. The maximum Gasteiger partial charge on any atom is 0.129 e. The van der Waals surface area contributed by atoms with Gasteiger partial charge in [0.05, 0.1) is 19.0 Å². The number of nitrogens with one attached hydrogen (secondary N) is 1. The molecule has 114 valence electrons. The summed E-state index contributed by atoms with van der Waals surface area (Å²) in [6.45, 7) is 3.30. The smallest absolute Gasteiger partial charge is 0.129 e. The van der Waals surface area contributed by atoms with E-state index in [0.717, 1.165) is 24.3 Å². The first kappa shape index (κ1) is 15.6. The van der Waals surface area contributed by atoms with Gasteiger partial charge < -0.3 is 19.6 Å². The third-order valence-corrected chi connectivity index (χ3v) is 3.17. The fourth-order valence-corrected chi connectivity index (χ4v) is 2.06. The zero-order chi connectivity index (χ0) is 14.9. The highest BCUT2D eigenvalue weighted by Crippen LogP contribution is 2.11. The number of anilines is 1. The van der Waals surface area contributed by atoms with Crippen molar-refractivity contribution in [3.05, 3.63) is 54.0 Å². The zero-order valence-corrected chi connectivity index (χ0v) is 12.4. The van der Waals surface area contributed by atoms with Crippen LogP contribution < -0.4 is 5.32 Å². The van der Waals surface area contributed by atoms with Crippen molar-refractivity contribution in [2.24, 2.45) is 0 Å². The summed E-state index contributed by atoms with van der Waals surface area (Å²) < 4.78 is 10.5.